The van der Waals surface area contributed by atoms with E-state index in [1.165, 1.54) is 0 Å². The van der Waals surface area contributed by atoms with E-state index in [9.17, 15) is 4.79 Å². The first-order valence-electron chi connectivity index (χ1n) is 5.94. The maximum Gasteiger partial charge on any atom is 0.181 e. The van der Waals surface area contributed by atoms with Gasteiger partial charge in [0.1, 0.15) is 0 Å². The molecule has 0 amide bonds. The van der Waals surface area contributed by atoms with Crippen LogP contribution in [0.1, 0.15) is 23.2 Å². The van der Waals surface area contributed by atoms with Crippen molar-refractivity contribution in [2.75, 3.05) is 6.61 Å². The van der Waals surface area contributed by atoms with Gasteiger partial charge in [0, 0.05) is 11.6 Å². The van der Waals surface area contributed by atoms with Gasteiger partial charge in [-0.15, -0.1) is 0 Å². The summed E-state index contributed by atoms with van der Waals surface area (Å²) in [6.45, 7) is 0.0878. The second kappa shape index (κ2) is 5.75. The van der Waals surface area contributed by atoms with E-state index in [0.717, 1.165) is 18.4 Å². The monoisotopic (exact) mass is 231 g/mol. The summed E-state index contributed by atoms with van der Waals surface area (Å²) >= 11 is 0. The summed E-state index contributed by atoms with van der Waals surface area (Å²) in [7, 11) is 0. The summed E-state index contributed by atoms with van der Waals surface area (Å²) < 4.78 is 0. The average molecular weight is 231 g/mol. The molecule has 1 fully saturated rings. The molecule has 2 atom stereocenters. The first kappa shape index (κ1) is 12.0. The van der Waals surface area contributed by atoms with Gasteiger partial charge in [-0.05, 0) is 12.8 Å². The van der Waals surface area contributed by atoms with Gasteiger partial charge in [-0.3, -0.25) is 4.79 Å². The molecule has 0 saturated carbocycles. The summed E-state index contributed by atoms with van der Waals surface area (Å²) in [4.78, 5) is 12.0. The highest BCUT2D eigenvalue weighted by Gasteiger charge is 2.41. The molecule has 0 aromatic heterocycles. The van der Waals surface area contributed by atoms with Crippen LogP contribution in [0, 0.1) is 0 Å². The number of aliphatic hydroxyl groups excluding tert-OH is 1. The lowest BCUT2D eigenvalue weighted by atomic mass is 10.0. The average Bonchev–Trinajstić information content (AvgIpc) is 3.14. The number of rotatable bonds is 6. The van der Waals surface area contributed by atoms with Crippen LogP contribution in [0.2, 0.25) is 0 Å². The molecule has 0 radical (unpaired) electrons. The summed E-state index contributed by atoms with van der Waals surface area (Å²) in [5.74, 6) is 0.182. The van der Waals surface area contributed by atoms with Gasteiger partial charge in [0.05, 0.1) is 12.6 Å². The number of aliphatic hydroxyl groups is 1. The highest BCUT2D eigenvalue weighted by atomic mass is 16.2. The molecule has 0 aliphatic carbocycles. The van der Waals surface area contributed by atoms with Crippen LogP contribution in [-0.4, -0.2) is 29.6 Å². The minimum Gasteiger partial charge on any atom is -0.392 e. The Morgan fingerprint density at radius 3 is 2.76 bits per heavy atom. The molecule has 1 aromatic rings. The van der Waals surface area contributed by atoms with Crippen molar-refractivity contribution < 1.29 is 9.90 Å². The van der Waals surface area contributed by atoms with Gasteiger partial charge in [-0.1, -0.05) is 42.5 Å². The van der Waals surface area contributed by atoms with Gasteiger partial charge in [0.2, 0.25) is 0 Å². The molecule has 0 spiro atoms. The topological polar surface area (TPSA) is 59.2 Å². The fourth-order valence-electron chi connectivity index (χ4n) is 1.93. The maximum atomic E-state index is 12.0. The number of hydrogen-bond donors (Lipinski definition) is 2. The molecule has 1 aromatic carbocycles. The Hall–Kier alpha value is -1.45. The smallest absolute Gasteiger partial charge is 0.181 e. The molecule has 1 heterocycles. The van der Waals surface area contributed by atoms with Gasteiger partial charge in [-0.2, -0.15) is 0 Å². The Morgan fingerprint density at radius 2 is 2.06 bits per heavy atom. The third-order valence-electron chi connectivity index (χ3n) is 2.94. The lowest BCUT2D eigenvalue weighted by molar-refractivity contribution is 0.0988. The highest BCUT2D eigenvalue weighted by Crippen LogP contribution is 2.21. The number of benzene rings is 1. The van der Waals surface area contributed by atoms with Crippen molar-refractivity contribution in [2.45, 2.75) is 24.9 Å². The summed E-state index contributed by atoms with van der Waals surface area (Å²) in [5.41, 5.74) is 0.776. The standard InChI is InChI=1S/C14H17NO2/c16-10-6-2-5-9-12-13(15-12)14(17)11-7-3-1-4-8-11/h1-4,6-8,12-13,15-16H,5,9-10H2/b6-2+/t12-,13+/m0/s1. The highest BCUT2D eigenvalue weighted by molar-refractivity contribution is 6.02. The van der Waals surface area contributed by atoms with Crippen molar-refractivity contribution in [3.8, 4) is 0 Å². The van der Waals surface area contributed by atoms with Crippen molar-refractivity contribution in [1.82, 2.24) is 5.32 Å². The number of Topliss-reactive ketones (excluding diaryl/α,β-unsaturated/α-hetero) is 1. The van der Waals surface area contributed by atoms with Crippen LogP contribution in [0.5, 0.6) is 0 Å². The van der Waals surface area contributed by atoms with E-state index in [0.29, 0.717) is 6.04 Å². The number of ketones is 1. The van der Waals surface area contributed by atoms with E-state index in [1.807, 2.05) is 36.4 Å². The zero-order chi connectivity index (χ0) is 12.1. The van der Waals surface area contributed by atoms with E-state index in [2.05, 4.69) is 5.32 Å². The molecule has 1 aliphatic rings. The molecule has 3 heteroatoms. The van der Waals surface area contributed by atoms with E-state index < -0.39 is 0 Å². The van der Waals surface area contributed by atoms with E-state index in [-0.39, 0.29) is 18.4 Å². The fraction of sp³-hybridized carbons (Fsp3) is 0.357. The van der Waals surface area contributed by atoms with Crippen LogP contribution in [0.3, 0.4) is 0 Å². The summed E-state index contributed by atoms with van der Waals surface area (Å²) in [5, 5.41) is 11.8. The number of hydrogen-bond acceptors (Lipinski definition) is 3. The van der Waals surface area contributed by atoms with Crippen LogP contribution < -0.4 is 5.32 Å². The Labute approximate surface area is 101 Å². The van der Waals surface area contributed by atoms with Gasteiger partial charge in [-0.25, -0.2) is 0 Å². The van der Waals surface area contributed by atoms with Crippen LogP contribution in [-0.2, 0) is 0 Å². The zero-order valence-corrected chi connectivity index (χ0v) is 9.67. The molecule has 2 N–H and O–H groups in total. The van der Waals surface area contributed by atoms with Gasteiger partial charge >= 0.3 is 0 Å². The molecule has 1 aliphatic heterocycles. The molecule has 0 unspecified atom stereocenters. The van der Waals surface area contributed by atoms with E-state index >= 15 is 0 Å². The Morgan fingerprint density at radius 1 is 1.29 bits per heavy atom. The molecule has 0 bridgehead atoms. The quantitative estimate of drug-likeness (QED) is 0.443. The van der Waals surface area contributed by atoms with Crippen LogP contribution in [0.4, 0.5) is 0 Å². The second-order valence-electron chi connectivity index (χ2n) is 4.21. The molecule has 90 valence electrons. The predicted octanol–water partition coefficient (Wildman–Crippen LogP) is 1.54. The number of carbonyl (C=O) groups is 1. The van der Waals surface area contributed by atoms with Crippen LogP contribution in [0.15, 0.2) is 42.5 Å². The van der Waals surface area contributed by atoms with Gasteiger partial charge in [0.15, 0.2) is 5.78 Å². The molecule has 3 nitrogen and oxygen atoms in total. The van der Waals surface area contributed by atoms with Crippen molar-refractivity contribution >= 4 is 5.78 Å². The lowest BCUT2D eigenvalue weighted by Crippen LogP contribution is -2.11. The van der Waals surface area contributed by atoms with Gasteiger partial charge < -0.3 is 10.4 Å². The third-order valence-corrected chi connectivity index (χ3v) is 2.94. The van der Waals surface area contributed by atoms with Crippen molar-refractivity contribution in [3.05, 3.63) is 48.0 Å². The predicted molar refractivity (Wildman–Crippen MR) is 66.9 cm³/mol. The summed E-state index contributed by atoms with van der Waals surface area (Å²) in [6, 6.07) is 9.67. The molecule has 1 saturated heterocycles. The van der Waals surface area contributed by atoms with Crippen molar-refractivity contribution in [1.29, 1.82) is 0 Å². The third kappa shape index (κ3) is 3.25. The van der Waals surface area contributed by atoms with Crippen molar-refractivity contribution in [2.24, 2.45) is 0 Å². The summed E-state index contributed by atoms with van der Waals surface area (Å²) in [6.07, 6.45) is 5.52. The fourth-order valence-corrected chi connectivity index (χ4v) is 1.93. The molecular weight excluding hydrogens is 214 g/mol. The van der Waals surface area contributed by atoms with Gasteiger partial charge in [0.25, 0.3) is 0 Å². The Balaban J connectivity index is 1.79. The number of nitrogens with one attached hydrogen (secondary N) is 1. The molecule has 17 heavy (non-hydrogen) atoms. The van der Waals surface area contributed by atoms with Crippen LogP contribution >= 0.6 is 0 Å². The Kier molecular flexibility index (Phi) is 4.07. The van der Waals surface area contributed by atoms with Crippen LogP contribution in [0.25, 0.3) is 0 Å². The van der Waals surface area contributed by atoms with Crippen molar-refractivity contribution in [3.63, 3.8) is 0 Å². The minimum absolute atomic E-state index is 0.0140. The first-order chi connectivity index (χ1) is 8.33. The maximum absolute atomic E-state index is 12.0. The first-order valence-corrected chi connectivity index (χ1v) is 5.94. The molecular formula is C14H17NO2. The SMILES string of the molecule is O=C(c1ccccc1)[C@@H]1N[C@H]1CC/C=C/CO. The number of allylic oxidation sites excluding steroid dienone is 1. The minimum atomic E-state index is -0.0140. The van der Waals surface area contributed by atoms with E-state index in [4.69, 9.17) is 5.11 Å². The van der Waals surface area contributed by atoms with E-state index in [1.54, 1.807) is 6.08 Å². The largest absolute Gasteiger partial charge is 0.392 e. The second-order valence-corrected chi connectivity index (χ2v) is 4.21. The number of carbonyl (C=O) groups excluding carboxylic acids is 1. The lowest BCUT2D eigenvalue weighted by Gasteiger charge is -1.97. The zero-order valence-electron chi connectivity index (χ0n) is 9.67. The normalized spacial score (nSPS) is 22.9. The molecule has 2 rings (SSSR count). The Bertz CT molecular complexity index is 400.